The average Bonchev–Trinajstić information content (AvgIpc) is 3.73. The zero-order chi connectivity index (χ0) is 36.3. The summed E-state index contributed by atoms with van der Waals surface area (Å²) in [5, 5.41) is 11.9. The Bertz CT molecular complexity index is 3070. The molecule has 5 heterocycles. The first kappa shape index (κ1) is 29.8. The van der Waals surface area contributed by atoms with Crippen molar-refractivity contribution in [3.63, 3.8) is 0 Å². The van der Waals surface area contributed by atoms with Crippen LogP contribution in [0, 0.1) is 11.3 Å². The summed E-state index contributed by atoms with van der Waals surface area (Å²) in [6.45, 7) is 0. The fraction of sp³-hybridized carbons (Fsp3) is 0.0208. The van der Waals surface area contributed by atoms with E-state index in [9.17, 15) is 5.26 Å². The third kappa shape index (κ3) is 3.87. The molecule has 1 spiro atoms. The number of para-hydroxylation sites is 5. The van der Waals surface area contributed by atoms with E-state index in [1.165, 1.54) is 0 Å². The van der Waals surface area contributed by atoms with E-state index in [1.807, 2.05) is 85.2 Å². The highest BCUT2D eigenvalue weighted by Crippen LogP contribution is 2.65. The van der Waals surface area contributed by atoms with Gasteiger partial charge in [0.15, 0.2) is 11.5 Å². The van der Waals surface area contributed by atoms with Gasteiger partial charge in [-0.15, -0.1) is 0 Å². The molecule has 0 N–H and O–H groups in total. The van der Waals surface area contributed by atoms with E-state index in [2.05, 4.69) is 94.4 Å². The van der Waals surface area contributed by atoms with Crippen molar-refractivity contribution in [1.29, 1.82) is 5.26 Å². The van der Waals surface area contributed by atoms with Crippen molar-refractivity contribution in [2.75, 3.05) is 4.90 Å². The summed E-state index contributed by atoms with van der Waals surface area (Å²) in [5.74, 6) is 3.04. The molecule has 0 atom stereocenters. The highest BCUT2D eigenvalue weighted by atomic mass is 16.5. The number of hydrogen-bond acceptors (Lipinski definition) is 6. The van der Waals surface area contributed by atoms with Crippen molar-refractivity contribution in [3.8, 4) is 46.1 Å². The second kappa shape index (κ2) is 10.9. The summed E-state index contributed by atoms with van der Waals surface area (Å²) >= 11 is 0. The van der Waals surface area contributed by atoms with E-state index in [4.69, 9.17) is 19.4 Å². The van der Waals surface area contributed by atoms with Gasteiger partial charge in [0, 0.05) is 46.0 Å². The Kier molecular flexibility index (Phi) is 5.92. The number of rotatable bonds is 2. The molecule has 3 aromatic heterocycles. The van der Waals surface area contributed by atoms with Gasteiger partial charge in [-0.1, -0.05) is 66.7 Å². The van der Waals surface area contributed by atoms with Gasteiger partial charge in [0.25, 0.3) is 0 Å². The van der Waals surface area contributed by atoms with Crippen LogP contribution in [0.3, 0.4) is 0 Å². The van der Waals surface area contributed by atoms with Gasteiger partial charge in [-0.05, 0) is 90.0 Å². The van der Waals surface area contributed by atoms with Crippen molar-refractivity contribution in [2.24, 2.45) is 0 Å². The van der Waals surface area contributed by atoms with E-state index in [1.54, 1.807) is 0 Å². The Balaban J connectivity index is 1.17. The standard InChI is InChI=1S/C48H27N5O2/c49-28-29-20-23-37-32(26-29)31-10-1-2-13-36(31)52(37)30-21-22-33-44(27-30)55-43-19-7-16-40(53-38-14-3-5-17-41(38)54-42-18-6-4-15-39(42)53)45(43)48(33)34-11-8-24-50-46(34)47-35(48)12-9-25-51-47/h1-27H. The molecule has 55 heavy (non-hydrogen) atoms. The average molecular weight is 706 g/mol. The topological polar surface area (TPSA) is 76.2 Å². The number of fused-ring (bicyclic) bond motifs is 14. The van der Waals surface area contributed by atoms with Crippen molar-refractivity contribution < 1.29 is 9.47 Å². The molecular formula is C48H27N5O2. The van der Waals surface area contributed by atoms with Gasteiger partial charge >= 0.3 is 0 Å². The first-order chi connectivity index (χ1) is 27.2. The molecule has 256 valence electrons. The van der Waals surface area contributed by atoms with Crippen molar-refractivity contribution in [3.05, 3.63) is 192 Å². The summed E-state index contributed by atoms with van der Waals surface area (Å²) in [4.78, 5) is 12.3. The number of ether oxygens (including phenoxy) is 2. The van der Waals surface area contributed by atoms with Crippen LogP contribution in [-0.2, 0) is 5.41 Å². The molecule has 0 fully saturated rings. The maximum Gasteiger partial charge on any atom is 0.151 e. The van der Waals surface area contributed by atoms with Gasteiger partial charge in [0.1, 0.15) is 11.5 Å². The highest BCUT2D eigenvalue weighted by molar-refractivity contribution is 6.09. The van der Waals surface area contributed by atoms with E-state index < -0.39 is 5.41 Å². The normalized spacial score (nSPS) is 13.8. The maximum absolute atomic E-state index is 9.75. The summed E-state index contributed by atoms with van der Waals surface area (Å²) < 4.78 is 15.9. The Morgan fingerprint density at radius 2 is 1.15 bits per heavy atom. The summed E-state index contributed by atoms with van der Waals surface area (Å²) in [7, 11) is 0. The van der Waals surface area contributed by atoms with Crippen LogP contribution < -0.4 is 14.4 Å². The van der Waals surface area contributed by atoms with Crippen LogP contribution in [-0.4, -0.2) is 14.5 Å². The van der Waals surface area contributed by atoms with E-state index >= 15 is 0 Å². The molecule has 0 saturated heterocycles. The Morgan fingerprint density at radius 1 is 0.509 bits per heavy atom. The number of aromatic nitrogens is 3. The lowest BCUT2D eigenvalue weighted by molar-refractivity contribution is 0.436. The molecular weight excluding hydrogens is 679 g/mol. The van der Waals surface area contributed by atoms with Gasteiger partial charge in [0.05, 0.1) is 56.5 Å². The Hall–Kier alpha value is -7.69. The number of nitriles is 1. The minimum absolute atomic E-state index is 0.629. The smallest absolute Gasteiger partial charge is 0.151 e. The predicted octanol–water partition coefficient (Wildman–Crippen LogP) is 11.5. The van der Waals surface area contributed by atoms with Gasteiger partial charge in [-0.2, -0.15) is 5.26 Å². The molecule has 0 saturated carbocycles. The van der Waals surface area contributed by atoms with Crippen LogP contribution in [0.5, 0.6) is 23.0 Å². The van der Waals surface area contributed by atoms with Gasteiger partial charge in [0.2, 0.25) is 0 Å². The van der Waals surface area contributed by atoms with Gasteiger partial charge in [-0.25, -0.2) is 0 Å². The monoisotopic (exact) mass is 705 g/mol. The van der Waals surface area contributed by atoms with E-state index in [-0.39, 0.29) is 0 Å². The fourth-order valence-corrected chi connectivity index (χ4v) is 9.25. The van der Waals surface area contributed by atoms with Crippen LogP contribution in [0.4, 0.5) is 17.1 Å². The first-order valence-corrected chi connectivity index (χ1v) is 18.2. The van der Waals surface area contributed by atoms with Crippen LogP contribution in [0.1, 0.15) is 27.8 Å². The minimum atomic E-state index is -0.837. The third-order valence-corrected chi connectivity index (χ3v) is 11.3. The lowest BCUT2D eigenvalue weighted by Gasteiger charge is -2.43. The van der Waals surface area contributed by atoms with Gasteiger partial charge < -0.3 is 18.9 Å². The maximum atomic E-state index is 9.75. The first-order valence-electron chi connectivity index (χ1n) is 18.2. The quantitative estimate of drug-likeness (QED) is 0.178. The molecule has 2 aliphatic heterocycles. The molecule has 9 aromatic rings. The van der Waals surface area contributed by atoms with Crippen LogP contribution in [0.2, 0.25) is 0 Å². The number of nitrogens with zero attached hydrogens (tertiary/aromatic N) is 5. The Labute approximate surface area is 315 Å². The summed E-state index contributed by atoms with van der Waals surface area (Å²) in [5.41, 5.74) is 11.5. The molecule has 1 aliphatic carbocycles. The van der Waals surface area contributed by atoms with Crippen LogP contribution in [0.25, 0.3) is 38.9 Å². The molecule has 7 heteroatoms. The van der Waals surface area contributed by atoms with E-state index in [0.717, 1.165) is 101 Å². The zero-order valence-electron chi connectivity index (χ0n) is 29.1. The largest absolute Gasteiger partial charge is 0.457 e. The lowest BCUT2D eigenvalue weighted by atomic mass is 9.65. The lowest BCUT2D eigenvalue weighted by Crippen LogP contribution is -2.34. The number of benzene rings is 6. The van der Waals surface area contributed by atoms with E-state index in [0.29, 0.717) is 5.56 Å². The fourth-order valence-electron chi connectivity index (χ4n) is 9.25. The van der Waals surface area contributed by atoms with Gasteiger partial charge in [-0.3, -0.25) is 9.97 Å². The second-order valence-corrected chi connectivity index (χ2v) is 14.1. The van der Waals surface area contributed by atoms with Crippen LogP contribution in [0.15, 0.2) is 164 Å². The summed E-state index contributed by atoms with van der Waals surface area (Å²) in [6.07, 6.45) is 3.70. The number of anilines is 3. The third-order valence-electron chi connectivity index (χ3n) is 11.3. The SMILES string of the molecule is N#Cc1ccc2c(c1)c1ccccc1n2-c1ccc2c(c1)Oc1cccc(N3c4ccccc4Oc4ccccc43)c1C21c2cccnc2-c2ncccc21. The number of pyridine rings is 2. The Morgan fingerprint density at radius 3 is 1.89 bits per heavy atom. The molecule has 0 amide bonds. The zero-order valence-corrected chi connectivity index (χ0v) is 29.1. The summed E-state index contributed by atoms with van der Waals surface area (Å²) in [6, 6.07) is 54.2. The van der Waals surface area contributed by atoms with Crippen LogP contribution >= 0.6 is 0 Å². The molecule has 7 nitrogen and oxygen atoms in total. The molecule has 12 rings (SSSR count). The minimum Gasteiger partial charge on any atom is -0.457 e. The molecule has 0 bridgehead atoms. The predicted molar refractivity (Wildman–Crippen MR) is 213 cm³/mol. The second-order valence-electron chi connectivity index (χ2n) is 14.1. The molecule has 6 aromatic carbocycles. The number of hydrogen-bond donors (Lipinski definition) is 0. The molecule has 3 aliphatic rings. The van der Waals surface area contributed by atoms with Crippen molar-refractivity contribution >= 4 is 38.9 Å². The van der Waals surface area contributed by atoms with Crippen molar-refractivity contribution in [2.45, 2.75) is 5.41 Å². The molecule has 0 radical (unpaired) electrons. The highest BCUT2D eigenvalue weighted by Gasteiger charge is 2.54. The van der Waals surface area contributed by atoms with Crippen molar-refractivity contribution in [1.82, 2.24) is 14.5 Å². The molecule has 0 unspecified atom stereocenters.